The van der Waals surface area contributed by atoms with Crippen LogP contribution < -0.4 is 5.73 Å². The molecule has 1 radical (unpaired) electrons. The minimum atomic E-state index is -0.495. The first-order chi connectivity index (χ1) is 4.04. The fourth-order valence-corrected chi connectivity index (χ4v) is 0.637. The summed E-state index contributed by atoms with van der Waals surface area (Å²) in [5.74, 6) is 0.431. The summed E-state index contributed by atoms with van der Waals surface area (Å²) in [5, 5.41) is 0. The van der Waals surface area contributed by atoms with Gasteiger partial charge in [-0.05, 0) is 19.3 Å². The van der Waals surface area contributed by atoms with Crippen LogP contribution in [0.4, 0.5) is 0 Å². The van der Waals surface area contributed by atoms with Crippen molar-refractivity contribution in [2.45, 2.75) is 33.2 Å². The Morgan fingerprint density at radius 1 is 1.56 bits per heavy atom. The van der Waals surface area contributed by atoms with Crippen LogP contribution in [0.15, 0.2) is 0 Å². The first-order valence-electron chi connectivity index (χ1n) is 3.25. The van der Waals surface area contributed by atoms with Crippen molar-refractivity contribution in [3.05, 3.63) is 0 Å². The predicted octanol–water partition coefficient (Wildman–Crippen LogP) is 1.27. The van der Waals surface area contributed by atoms with Crippen LogP contribution in [-0.2, 0) is 4.79 Å². The molecule has 0 heterocycles. The fraction of sp³-hybridized carbons (Fsp3) is 0.857. The van der Waals surface area contributed by atoms with E-state index in [1.807, 2.05) is 13.8 Å². The lowest BCUT2D eigenvalue weighted by atomic mass is 10.0. The lowest BCUT2D eigenvalue weighted by molar-refractivity contribution is -0.118. The molecule has 0 rings (SSSR count). The number of rotatable bonds is 3. The third-order valence-corrected chi connectivity index (χ3v) is 1.20. The number of carbonyl (C=O) groups is 1. The Hall–Kier alpha value is -0.370. The van der Waals surface area contributed by atoms with E-state index >= 15 is 0 Å². The van der Waals surface area contributed by atoms with Gasteiger partial charge in [0.25, 0.3) is 0 Å². The van der Waals surface area contributed by atoms with Gasteiger partial charge in [-0.15, -0.1) is 0 Å². The number of nitrogens with one attached hydrogen (secondary N) is 1. The van der Waals surface area contributed by atoms with E-state index in [1.54, 1.807) is 0 Å². The van der Waals surface area contributed by atoms with Gasteiger partial charge in [-0.25, -0.2) is 5.73 Å². The fourth-order valence-electron chi connectivity index (χ4n) is 0.637. The molecule has 0 saturated carbocycles. The van der Waals surface area contributed by atoms with Crippen molar-refractivity contribution in [1.29, 1.82) is 0 Å². The highest BCUT2D eigenvalue weighted by atomic mass is 16.1. The van der Waals surface area contributed by atoms with E-state index in [1.165, 1.54) is 6.92 Å². The minimum absolute atomic E-state index is 0.0244. The second-order valence-electron chi connectivity index (χ2n) is 2.79. The Morgan fingerprint density at radius 3 is 2.11 bits per heavy atom. The molecule has 53 valence electrons. The second kappa shape index (κ2) is 3.62. The molecule has 0 aromatic heterocycles. The molecular weight excluding hydrogens is 114 g/mol. The molecule has 0 saturated heterocycles. The van der Waals surface area contributed by atoms with Gasteiger partial charge in [0.15, 0.2) is 0 Å². The monoisotopic (exact) mass is 128 g/mol. The first-order valence-corrected chi connectivity index (χ1v) is 3.25. The van der Waals surface area contributed by atoms with Crippen LogP contribution in [0.3, 0.4) is 0 Å². The molecule has 0 aliphatic heterocycles. The maximum Gasteiger partial charge on any atom is 0.148 e. The maximum absolute atomic E-state index is 10.5. The number of Topliss-reactive ketones (excluding diaryl/α,β-unsaturated/α-hetero) is 1. The molecular formula is C7H14NO. The standard InChI is InChI=1S/C7H14NO/c1-5(2)4-7(8)6(3)9/h5,7-8H,4H2,1-3H3/t7-/m0/s1. The van der Waals surface area contributed by atoms with Crippen LogP contribution in [0, 0.1) is 5.92 Å². The van der Waals surface area contributed by atoms with Crippen molar-refractivity contribution in [2.24, 2.45) is 5.92 Å². The highest BCUT2D eigenvalue weighted by molar-refractivity contribution is 5.80. The summed E-state index contributed by atoms with van der Waals surface area (Å²) in [6.07, 6.45) is 0.690. The molecule has 9 heavy (non-hydrogen) atoms. The summed E-state index contributed by atoms with van der Waals surface area (Å²) < 4.78 is 0. The summed E-state index contributed by atoms with van der Waals surface area (Å²) in [4.78, 5) is 10.5. The predicted molar refractivity (Wildman–Crippen MR) is 37.0 cm³/mol. The molecule has 0 aliphatic rings. The molecule has 0 aliphatic carbocycles. The Labute approximate surface area is 56.4 Å². The number of carbonyl (C=O) groups excluding carboxylic acids is 1. The SMILES string of the molecule is CC(=O)[C@@H]([NH])CC(C)C. The normalized spacial score (nSPS) is 13.9. The highest BCUT2D eigenvalue weighted by Gasteiger charge is 2.09. The Morgan fingerprint density at radius 2 is 2.00 bits per heavy atom. The van der Waals surface area contributed by atoms with Gasteiger partial charge >= 0.3 is 0 Å². The average Bonchev–Trinajstić information content (AvgIpc) is 1.63. The molecule has 0 aromatic rings. The van der Waals surface area contributed by atoms with Gasteiger partial charge in [-0.3, -0.25) is 4.79 Å². The minimum Gasteiger partial charge on any atom is -0.298 e. The van der Waals surface area contributed by atoms with E-state index in [0.717, 1.165) is 0 Å². The largest absolute Gasteiger partial charge is 0.298 e. The Kier molecular flexibility index (Phi) is 3.47. The molecule has 1 N–H and O–H groups in total. The third kappa shape index (κ3) is 4.15. The van der Waals surface area contributed by atoms with Crippen LogP contribution in [0.25, 0.3) is 0 Å². The van der Waals surface area contributed by atoms with Gasteiger partial charge in [0, 0.05) is 0 Å². The summed E-state index contributed by atoms with van der Waals surface area (Å²) in [6, 6.07) is -0.495. The van der Waals surface area contributed by atoms with Gasteiger partial charge in [0.1, 0.15) is 5.78 Å². The molecule has 1 atom stereocenters. The van der Waals surface area contributed by atoms with Crippen LogP contribution in [-0.4, -0.2) is 11.8 Å². The van der Waals surface area contributed by atoms with Gasteiger partial charge in [0.05, 0.1) is 6.04 Å². The van der Waals surface area contributed by atoms with E-state index in [0.29, 0.717) is 12.3 Å². The lowest BCUT2D eigenvalue weighted by Gasteiger charge is -2.07. The Balaban J connectivity index is 3.50. The molecule has 2 nitrogen and oxygen atoms in total. The summed E-state index contributed by atoms with van der Waals surface area (Å²) >= 11 is 0. The van der Waals surface area contributed by atoms with Gasteiger partial charge in [0.2, 0.25) is 0 Å². The summed E-state index contributed by atoms with van der Waals surface area (Å²) in [6.45, 7) is 5.51. The third-order valence-electron chi connectivity index (χ3n) is 1.20. The maximum atomic E-state index is 10.5. The molecule has 0 bridgehead atoms. The number of hydrogen-bond acceptors (Lipinski definition) is 1. The van der Waals surface area contributed by atoms with Crippen molar-refractivity contribution >= 4 is 5.78 Å². The Bertz CT molecular complexity index is 99.1. The van der Waals surface area contributed by atoms with E-state index in [-0.39, 0.29) is 5.78 Å². The van der Waals surface area contributed by atoms with E-state index in [2.05, 4.69) is 0 Å². The quantitative estimate of drug-likeness (QED) is 0.564. The van der Waals surface area contributed by atoms with E-state index < -0.39 is 6.04 Å². The van der Waals surface area contributed by atoms with Crippen molar-refractivity contribution in [3.63, 3.8) is 0 Å². The highest BCUT2D eigenvalue weighted by Crippen LogP contribution is 2.03. The zero-order chi connectivity index (χ0) is 7.44. The molecule has 2 heteroatoms. The topological polar surface area (TPSA) is 40.9 Å². The van der Waals surface area contributed by atoms with Gasteiger partial charge < -0.3 is 0 Å². The second-order valence-corrected chi connectivity index (χ2v) is 2.79. The molecule has 0 spiro atoms. The first kappa shape index (κ1) is 8.63. The van der Waals surface area contributed by atoms with E-state index in [4.69, 9.17) is 5.73 Å². The van der Waals surface area contributed by atoms with Crippen LogP contribution >= 0.6 is 0 Å². The zero-order valence-electron chi connectivity index (χ0n) is 6.27. The molecule has 0 fully saturated rings. The van der Waals surface area contributed by atoms with Crippen LogP contribution in [0.1, 0.15) is 27.2 Å². The lowest BCUT2D eigenvalue weighted by Crippen LogP contribution is -2.20. The van der Waals surface area contributed by atoms with Crippen molar-refractivity contribution in [2.75, 3.05) is 0 Å². The van der Waals surface area contributed by atoms with Crippen molar-refractivity contribution < 1.29 is 4.79 Å². The van der Waals surface area contributed by atoms with Crippen LogP contribution in [0.5, 0.6) is 0 Å². The number of hydrogen-bond donors (Lipinski definition) is 0. The average molecular weight is 128 g/mol. The summed E-state index contributed by atoms with van der Waals surface area (Å²) in [7, 11) is 0. The molecule has 0 aromatic carbocycles. The summed E-state index contributed by atoms with van der Waals surface area (Å²) in [5.41, 5.74) is 7.21. The zero-order valence-corrected chi connectivity index (χ0v) is 6.27. The van der Waals surface area contributed by atoms with Crippen LogP contribution in [0.2, 0.25) is 0 Å². The number of ketones is 1. The van der Waals surface area contributed by atoms with Crippen molar-refractivity contribution in [3.8, 4) is 0 Å². The molecule has 0 unspecified atom stereocenters. The van der Waals surface area contributed by atoms with E-state index in [9.17, 15) is 4.79 Å². The van der Waals surface area contributed by atoms with Gasteiger partial charge in [-0.2, -0.15) is 0 Å². The smallest absolute Gasteiger partial charge is 0.148 e. The van der Waals surface area contributed by atoms with Crippen molar-refractivity contribution in [1.82, 2.24) is 5.73 Å². The molecule has 0 amide bonds. The van der Waals surface area contributed by atoms with Gasteiger partial charge in [-0.1, -0.05) is 13.8 Å².